The normalized spacial score (nSPS) is 23.5. The lowest BCUT2D eigenvalue weighted by Crippen LogP contribution is -2.62. The molecule has 5 amide bonds. The number of halogens is 3. The van der Waals surface area contributed by atoms with Crippen molar-refractivity contribution in [3.05, 3.63) is 106 Å². The first kappa shape index (κ1) is 48.5. The zero-order valence-electron chi connectivity index (χ0n) is 40.7. The maximum absolute atomic E-state index is 16.3. The standard InChI is InChI=1S/C54H61ClF2N8O6/c1-31-44-42(28-39(56)47(55)46(44)45-38(49(58)67)17-18-41(70-4)48(45)57)71-54(31,35-9-6-5-7-10-35)29-59-36-14-11-33(12-15-36)51(68)62(2)53(22-8-23-53)30-64-24-19-32(20-25-64)34-13-16-37-40(27-34)63(3)61-50(37)65-26-21-43(66)60-52(65)69/h5-7,9-10,13,16-18,27-28,31-33,36,59H,8,11-12,14-15,19-26,29-30H2,1-4H3,(H2,58,67)(H,60,66,69)/t31-,33?,36?,54-/m0/s1. The number of primary amides is 1. The van der Waals surface area contributed by atoms with E-state index >= 15 is 8.78 Å². The summed E-state index contributed by atoms with van der Waals surface area (Å²) in [6.07, 6.45) is 8.35. The Balaban J connectivity index is 0.782. The van der Waals surface area contributed by atoms with E-state index in [-0.39, 0.29) is 68.9 Å². The molecule has 0 spiro atoms. The second-order valence-electron chi connectivity index (χ2n) is 20.3. The van der Waals surface area contributed by atoms with Crippen molar-refractivity contribution in [2.45, 2.75) is 100 Å². The quantitative estimate of drug-likeness (QED) is 0.105. The zero-order valence-corrected chi connectivity index (χ0v) is 41.4. The number of carbonyl (C=O) groups is 4. The van der Waals surface area contributed by atoms with E-state index in [9.17, 15) is 19.2 Å². The topological polar surface area (TPSA) is 164 Å². The third-order valence-electron chi connectivity index (χ3n) is 16.5. The Morgan fingerprint density at radius 2 is 1.72 bits per heavy atom. The van der Waals surface area contributed by atoms with Gasteiger partial charge < -0.3 is 30.3 Å². The molecular formula is C54H61ClF2N8O6. The largest absolute Gasteiger partial charge is 0.494 e. The van der Waals surface area contributed by atoms with Crippen LogP contribution in [0.2, 0.25) is 5.02 Å². The number of likely N-dealkylation sites (N-methyl/N-ethyl adjacent to an activating group) is 1. The Morgan fingerprint density at radius 3 is 2.38 bits per heavy atom. The van der Waals surface area contributed by atoms with E-state index in [0.29, 0.717) is 30.4 Å². The number of hydrogen-bond donors (Lipinski definition) is 3. The molecule has 5 aliphatic rings. The molecule has 4 fully saturated rings. The molecule has 374 valence electrons. The molecule has 0 radical (unpaired) electrons. The molecule has 3 aliphatic heterocycles. The molecule has 2 aliphatic carbocycles. The Kier molecular flexibility index (Phi) is 13.1. The molecule has 5 aromatic rings. The number of carbonyl (C=O) groups excluding carboxylic acids is 4. The van der Waals surface area contributed by atoms with Gasteiger partial charge in [0.05, 0.1) is 28.8 Å². The van der Waals surface area contributed by atoms with Gasteiger partial charge in [-0.3, -0.25) is 29.3 Å². The summed E-state index contributed by atoms with van der Waals surface area (Å²) < 4.78 is 46.0. The van der Waals surface area contributed by atoms with E-state index in [4.69, 9.17) is 26.8 Å². The van der Waals surface area contributed by atoms with Gasteiger partial charge in [-0.2, -0.15) is 5.10 Å². The first-order chi connectivity index (χ1) is 34.1. The molecule has 4 aromatic carbocycles. The van der Waals surface area contributed by atoms with Crippen molar-refractivity contribution in [3.8, 4) is 22.6 Å². The zero-order chi connectivity index (χ0) is 49.9. The van der Waals surface area contributed by atoms with Crippen LogP contribution in [0, 0.1) is 17.6 Å². The van der Waals surface area contributed by atoms with Crippen molar-refractivity contribution in [1.82, 2.24) is 30.2 Å². The highest BCUT2D eigenvalue weighted by Gasteiger charge is 2.51. The highest BCUT2D eigenvalue weighted by atomic mass is 35.5. The Labute approximate surface area is 417 Å². The van der Waals surface area contributed by atoms with Crippen molar-refractivity contribution in [2.24, 2.45) is 18.7 Å². The maximum atomic E-state index is 16.3. The van der Waals surface area contributed by atoms with E-state index in [1.54, 1.807) is 0 Å². The lowest BCUT2D eigenvalue weighted by molar-refractivity contribution is -0.146. The number of hydrogen-bond acceptors (Lipinski definition) is 9. The van der Waals surface area contributed by atoms with E-state index < -0.39 is 35.1 Å². The lowest BCUT2D eigenvalue weighted by atomic mass is 9.73. The number of benzene rings is 4. The number of anilines is 1. The predicted octanol–water partition coefficient (Wildman–Crippen LogP) is 8.53. The number of nitrogens with one attached hydrogen (secondary N) is 2. The van der Waals surface area contributed by atoms with Crippen LogP contribution in [-0.2, 0) is 22.2 Å². The number of likely N-dealkylation sites (tertiary alicyclic amines) is 1. The van der Waals surface area contributed by atoms with Gasteiger partial charge in [0, 0.05) is 86.2 Å². The number of aryl methyl sites for hydroxylation is 1. The van der Waals surface area contributed by atoms with Crippen molar-refractivity contribution < 1.29 is 37.4 Å². The summed E-state index contributed by atoms with van der Waals surface area (Å²) in [5, 5.41) is 11.4. The molecule has 71 heavy (non-hydrogen) atoms. The van der Waals surface area contributed by atoms with Crippen LogP contribution in [0.1, 0.15) is 110 Å². The van der Waals surface area contributed by atoms with Crippen molar-refractivity contribution in [3.63, 3.8) is 0 Å². The molecule has 10 rings (SSSR count). The van der Waals surface area contributed by atoms with Crippen LogP contribution in [-0.4, -0.2) is 102 Å². The number of piperidine rings is 1. The Bertz CT molecular complexity index is 2910. The lowest BCUT2D eigenvalue weighted by Gasteiger charge is -2.52. The van der Waals surface area contributed by atoms with Crippen LogP contribution in [0.5, 0.6) is 11.5 Å². The highest BCUT2D eigenvalue weighted by Crippen LogP contribution is 2.57. The molecular weight excluding hydrogens is 930 g/mol. The molecule has 1 aromatic heterocycles. The number of nitrogens with two attached hydrogens (primary N) is 1. The number of aromatic nitrogens is 2. The molecule has 0 bridgehead atoms. The van der Waals surface area contributed by atoms with Crippen LogP contribution in [0.25, 0.3) is 22.0 Å². The summed E-state index contributed by atoms with van der Waals surface area (Å²) in [6.45, 7) is 5.29. The van der Waals surface area contributed by atoms with E-state index in [0.717, 1.165) is 93.9 Å². The predicted molar refractivity (Wildman–Crippen MR) is 267 cm³/mol. The van der Waals surface area contributed by atoms with Gasteiger partial charge in [0.25, 0.3) is 0 Å². The molecule has 4 N–H and O–H groups in total. The molecule has 14 nitrogen and oxygen atoms in total. The Morgan fingerprint density at radius 1 is 0.986 bits per heavy atom. The first-order valence-corrected chi connectivity index (χ1v) is 25.2. The van der Waals surface area contributed by atoms with Gasteiger partial charge in [0.2, 0.25) is 17.7 Å². The summed E-state index contributed by atoms with van der Waals surface area (Å²) in [7, 11) is 5.20. The monoisotopic (exact) mass is 990 g/mol. The third kappa shape index (κ3) is 8.58. The maximum Gasteiger partial charge on any atom is 0.329 e. The van der Waals surface area contributed by atoms with Gasteiger partial charge in [-0.05, 0) is 112 Å². The van der Waals surface area contributed by atoms with Gasteiger partial charge in [0.1, 0.15) is 11.6 Å². The molecule has 0 unspecified atom stereocenters. The smallest absolute Gasteiger partial charge is 0.329 e. The van der Waals surface area contributed by atoms with Crippen LogP contribution >= 0.6 is 11.6 Å². The minimum atomic E-state index is -1.08. The number of ether oxygens (including phenoxy) is 2. The van der Waals surface area contributed by atoms with Crippen LogP contribution in [0.3, 0.4) is 0 Å². The Hall–Kier alpha value is -6.10. The number of imide groups is 1. The van der Waals surface area contributed by atoms with Gasteiger partial charge in [0.15, 0.2) is 23.0 Å². The third-order valence-corrected chi connectivity index (χ3v) is 16.9. The fourth-order valence-corrected chi connectivity index (χ4v) is 12.5. The summed E-state index contributed by atoms with van der Waals surface area (Å²) >= 11 is 6.72. The minimum Gasteiger partial charge on any atom is -0.494 e. The minimum absolute atomic E-state index is 0.00337. The number of nitrogens with zero attached hydrogens (tertiary/aromatic N) is 5. The molecule has 17 heteroatoms. The number of amides is 5. The molecule has 2 saturated heterocycles. The number of methoxy groups -OCH3 is 1. The van der Waals surface area contributed by atoms with Crippen molar-refractivity contribution >= 4 is 52.1 Å². The second kappa shape index (κ2) is 19.1. The van der Waals surface area contributed by atoms with Gasteiger partial charge in [-0.25, -0.2) is 13.6 Å². The molecule has 2 saturated carbocycles. The average molecular weight is 992 g/mol. The fourth-order valence-electron chi connectivity index (χ4n) is 12.2. The van der Waals surface area contributed by atoms with Crippen LogP contribution in [0.15, 0.2) is 66.7 Å². The van der Waals surface area contributed by atoms with Gasteiger partial charge in [-0.15, -0.1) is 0 Å². The second-order valence-corrected chi connectivity index (χ2v) is 20.7. The van der Waals surface area contributed by atoms with Crippen molar-refractivity contribution in [2.75, 3.05) is 51.8 Å². The SMILES string of the molecule is COc1ccc(C(N)=O)c(-c2c(Cl)c(F)cc3c2[C@H](C)[C@@](CNC2CCC(C(=O)N(C)C4(CN5CCC(c6ccc7c(N8CCC(=O)NC8=O)nn(C)c7c6)CC5)CCC4)CC2)(c2ccccc2)O3)c1F. The summed E-state index contributed by atoms with van der Waals surface area (Å²) in [4.78, 5) is 57.7. The summed E-state index contributed by atoms with van der Waals surface area (Å²) in [5.74, 6) is -2.30. The van der Waals surface area contributed by atoms with E-state index in [1.807, 2.05) is 56.0 Å². The molecule has 2 atom stereocenters. The fraction of sp³-hybridized carbons (Fsp3) is 0.463. The average Bonchev–Trinajstić information content (AvgIpc) is 3.84. The highest BCUT2D eigenvalue weighted by molar-refractivity contribution is 6.34. The summed E-state index contributed by atoms with van der Waals surface area (Å²) in [5.41, 5.74) is 7.56. The number of rotatable bonds is 13. The van der Waals surface area contributed by atoms with Gasteiger partial charge >= 0.3 is 6.03 Å². The van der Waals surface area contributed by atoms with Crippen LogP contribution in [0.4, 0.5) is 19.4 Å². The molecule has 4 heterocycles. The van der Waals surface area contributed by atoms with E-state index in [1.165, 1.54) is 35.8 Å². The summed E-state index contributed by atoms with van der Waals surface area (Å²) in [6, 6.07) is 19.5. The first-order valence-electron chi connectivity index (χ1n) is 24.9. The number of fused-ring (bicyclic) bond motifs is 2. The van der Waals surface area contributed by atoms with E-state index in [2.05, 4.69) is 43.7 Å². The van der Waals surface area contributed by atoms with Crippen molar-refractivity contribution in [1.29, 1.82) is 0 Å². The van der Waals surface area contributed by atoms with Gasteiger partial charge in [-0.1, -0.05) is 54.9 Å². The van der Waals surface area contributed by atoms with Crippen LogP contribution < -0.4 is 30.7 Å². The number of urea groups is 1.